The molecule has 2 N–H and O–H groups in total. The summed E-state index contributed by atoms with van der Waals surface area (Å²) in [5, 5.41) is 0. The van der Waals surface area contributed by atoms with Gasteiger partial charge in [-0.2, -0.15) is 0 Å². The van der Waals surface area contributed by atoms with E-state index in [0.717, 1.165) is 53.5 Å². The zero-order valence-electron chi connectivity index (χ0n) is 15.5. The minimum Gasteiger partial charge on any atom is -0.493 e. The third-order valence-electron chi connectivity index (χ3n) is 5.47. The normalized spacial score (nSPS) is 22.2. The molecular formula is C21H25N3O2. The smallest absolute Gasteiger partial charge is 0.161 e. The quantitative estimate of drug-likeness (QED) is 0.864. The second-order valence-electron chi connectivity index (χ2n) is 7.12. The summed E-state index contributed by atoms with van der Waals surface area (Å²) in [4.78, 5) is 7.54. The number of aliphatic imine (C=N–C) groups is 1. The molecule has 0 radical (unpaired) electrons. The summed E-state index contributed by atoms with van der Waals surface area (Å²) in [7, 11) is 5.53. The molecular weight excluding hydrogens is 326 g/mol. The van der Waals surface area contributed by atoms with Gasteiger partial charge in [0, 0.05) is 29.3 Å². The van der Waals surface area contributed by atoms with Gasteiger partial charge in [-0.05, 0) is 49.8 Å². The van der Waals surface area contributed by atoms with E-state index in [-0.39, 0.29) is 0 Å². The van der Waals surface area contributed by atoms with Gasteiger partial charge < -0.3 is 20.1 Å². The van der Waals surface area contributed by atoms with E-state index < -0.39 is 0 Å². The first kappa shape index (κ1) is 16.9. The fourth-order valence-corrected chi connectivity index (χ4v) is 4.08. The van der Waals surface area contributed by atoms with E-state index >= 15 is 0 Å². The minimum atomic E-state index is 0.296. The Morgan fingerprint density at radius 2 is 1.77 bits per heavy atom. The van der Waals surface area contributed by atoms with Crippen molar-refractivity contribution in [3.8, 4) is 11.5 Å². The Morgan fingerprint density at radius 1 is 1.08 bits per heavy atom. The molecule has 0 spiro atoms. The van der Waals surface area contributed by atoms with Gasteiger partial charge >= 0.3 is 0 Å². The maximum absolute atomic E-state index is 5.87. The molecule has 0 bridgehead atoms. The number of nitrogen functional groups attached to an aromatic ring is 1. The predicted molar refractivity (Wildman–Crippen MR) is 105 cm³/mol. The van der Waals surface area contributed by atoms with Crippen molar-refractivity contribution in [1.82, 2.24) is 4.90 Å². The highest BCUT2D eigenvalue weighted by molar-refractivity contribution is 6.15. The first-order valence-electron chi connectivity index (χ1n) is 8.99. The van der Waals surface area contributed by atoms with E-state index in [4.69, 9.17) is 20.2 Å². The van der Waals surface area contributed by atoms with Crippen molar-refractivity contribution in [3.05, 3.63) is 53.1 Å². The molecule has 1 saturated heterocycles. The number of anilines is 1. The van der Waals surface area contributed by atoms with Gasteiger partial charge in [0.05, 0.1) is 26.0 Å². The second-order valence-corrected chi connectivity index (χ2v) is 7.12. The number of hydrogen-bond donors (Lipinski definition) is 1. The number of nitrogens with two attached hydrogens (primary N) is 1. The van der Waals surface area contributed by atoms with Crippen LogP contribution in [0.3, 0.4) is 0 Å². The number of fused-ring (bicyclic) bond motifs is 3. The van der Waals surface area contributed by atoms with Crippen LogP contribution in [0.1, 0.15) is 29.0 Å². The molecule has 5 nitrogen and oxygen atoms in total. The van der Waals surface area contributed by atoms with Gasteiger partial charge in [0.15, 0.2) is 11.5 Å². The van der Waals surface area contributed by atoms with Gasteiger partial charge in [0.2, 0.25) is 0 Å². The number of piperidine rings is 1. The SMILES string of the molecule is COc1cc2c(cc1OC)[C@@H]1CN(C)CC[C@@H]1N=C2c1ccc(N)cc1. The summed E-state index contributed by atoms with van der Waals surface area (Å²) in [6.45, 7) is 2.08. The van der Waals surface area contributed by atoms with Crippen molar-refractivity contribution >= 4 is 11.4 Å². The molecule has 2 aromatic rings. The van der Waals surface area contributed by atoms with Crippen molar-refractivity contribution in [3.63, 3.8) is 0 Å². The number of likely N-dealkylation sites (N-methyl/N-ethyl adjacent to an activating group) is 1. The molecule has 2 aliphatic heterocycles. The van der Waals surface area contributed by atoms with Crippen molar-refractivity contribution < 1.29 is 9.47 Å². The van der Waals surface area contributed by atoms with Crippen molar-refractivity contribution in [2.24, 2.45) is 4.99 Å². The van der Waals surface area contributed by atoms with Gasteiger partial charge in [0.1, 0.15) is 0 Å². The van der Waals surface area contributed by atoms with Crippen molar-refractivity contribution in [1.29, 1.82) is 0 Å². The summed E-state index contributed by atoms with van der Waals surface area (Å²) in [6.07, 6.45) is 1.06. The maximum atomic E-state index is 5.87. The van der Waals surface area contributed by atoms with Gasteiger partial charge in [-0.15, -0.1) is 0 Å². The monoisotopic (exact) mass is 351 g/mol. The van der Waals surface area contributed by atoms with Crippen LogP contribution in [0, 0.1) is 0 Å². The number of hydrogen-bond acceptors (Lipinski definition) is 5. The predicted octanol–water partition coefficient (Wildman–Crippen LogP) is 2.92. The zero-order valence-corrected chi connectivity index (χ0v) is 15.5. The first-order valence-corrected chi connectivity index (χ1v) is 8.99. The van der Waals surface area contributed by atoms with Gasteiger partial charge in [0.25, 0.3) is 0 Å². The standard InChI is InChI=1S/C21H25N3O2/c1-24-9-8-18-17(12-24)15-10-19(25-2)20(26-3)11-16(15)21(23-18)13-4-6-14(22)7-5-13/h4-7,10-11,17-18H,8-9,12,22H2,1-3H3/t17-,18-/m0/s1. The lowest BCUT2D eigenvalue weighted by atomic mass is 9.79. The summed E-state index contributed by atoms with van der Waals surface area (Å²) in [6, 6.07) is 12.4. The Bertz CT molecular complexity index is 845. The molecule has 0 amide bonds. The van der Waals surface area contributed by atoms with E-state index in [2.05, 4.69) is 24.1 Å². The second kappa shape index (κ2) is 6.65. The Labute approximate surface area is 154 Å². The fraction of sp³-hybridized carbons (Fsp3) is 0.381. The Morgan fingerprint density at radius 3 is 2.46 bits per heavy atom. The molecule has 0 saturated carbocycles. The van der Waals surface area contributed by atoms with Gasteiger partial charge in [-0.1, -0.05) is 12.1 Å². The Balaban J connectivity index is 1.89. The Hall–Kier alpha value is -2.53. The molecule has 1 fully saturated rings. The third kappa shape index (κ3) is 2.82. The molecule has 2 atom stereocenters. The van der Waals surface area contributed by atoms with E-state index in [9.17, 15) is 0 Å². The fourth-order valence-electron chi connectivity index (χ4n) is 4.08. The van der Waals surface area contributed by atoms with E-state index in [1.165, 1.54) is 5.56 Å². The average Bonchev–Trinajstić information content (AvgIpc) is 2.67. The molecule has 2 aliphatic rings. The lowest BCUT2D eigenvalue weighted by Crippen LogP contribution is -2.41. The molecule has 0 unspecified atom stereocenters. The van der Waals surface area contributed by atoms with E-state index in [1.807, 2.05) is 24.3 Å². The lowest BCUT2D eigenvalue weighted by molar-refractivity contribution is 0.227. The summed E-state index contributed by atoms with van der Waals surface area (Å²) in [5.74, 6) is 1.88. The van der Waals surface area contributed by atoms with Gasteiger partial charge in [-0.25, -0.2) is 0 Å². The van der Waals surface area contributed by atoms with Gasteiger partial charge in [-0.3, -0.25) is 4.99 Å². The highest BCUT2D eigenvalue weighted by Gasteiger charge is 2.36. The van der Waals surface area contributed by atoms with Crippen LogP contribution < -0.4 is 15.2 Å². The highest BCUT2D eigenvalue weighted by atomic mass is 16.5. The van der Waals surface area contributed by atoms with Crippen LogP contribution in [0.4, 0.5) is 5.69 Å². The number of nitrogens with zero attached hydrogens (tertiary/aromatic N) is 2. The average molecular weight is 351 g/mol. The molecule has 26 heavy (non-hydrogen) atoms. The molecule has 2 aromatic carbocycles. The summed E-state index contributed by atoms with van der Waals surface area (Å²) in [5.41, 5.74) is 11.2. The number of likely N-dealkylation sites (tertiary alicyclic amines) is 1. The minimum absolute atomic E-state index is 0.296. The lowest BCUT2D eigenvalue weighted by Gasteiger charge is -2.39. The largest absolute Gasteiger partial charge is 0.493 e. The molecule has 4 rings (SSSR count). The maximum Gasteiger partial charge on any atom is 0.161 e. The zero-order chi connectivity index (χ0) is 18.3. The topological polar surface area (TPSA) is 60.1 Å². The van der Waals surface area contributed by atoms with Crippen LogP contribution in [0.25, 0.3) is 0 Å². The van der Waals surface area contributed by atoms with Crippen LogP contribution in [-0.2, 0) is 0 Å². The van der Waals surface area contributed by atoms with Crippen LogP contribution in [0.2, 0.25) is 0 Å². The summed E-state index contributed by atoms with van der Waals surface area (Å²) < 4.78 is 11.1. The molecule has 2 heterocycles. The van der Waals surface area contributed by atoms with Crippen molar-refractivity contribution in [2.75, 3.05) is 40.1 Å². The highest BCUT2D eigenvalue weighted by Crippen LogP contribution is 2.42. The number of methoxy groups -OCH3 is 2. The first-order chi connectivity index (χ1) is 12.6. The van der Waals surface area contributed by atoms with E-state index in [0.29, 0.717) is 12.0 Å². The van der Waals surface area contributed by atoms with Crippen LogP contribution >= 0.6 is 0 Å². The third-order valence-corrected chi connectivity index (χ3v) is 5.47. The van der Waals surface area contributed by atoms with Crippen LogP contribution in [-0.4, -0.2) is 51.0 Å². The van der Waals surface area contributed by atoms with Crippen molar-refractivity contribution in [2.45, 2.75) is 18.4 Å². The molecule has 5 heteroatoms. The number of ether oxygens (including phenoxy) is 2. The Kier molecular flexibility index (Phi) is 4.32. The molecule has 136 valence electrons. The number of benzene rings is 2. The van der Waals surface area contributed by atoms with Crippen LogP contribution in [0.15, 0.2) is 41.4 Å². The molecule has 0 aromatic heterocycles. The number of rotatable bonds is 3. The molecule has 0 aliphatic carbocycles. The summed E-state index contributed by atoms with van der Waals surface area (Å²) >= 11 is 0. The van der Waals surface area contributed by atoms with Crippen LogP contribution in [0.5, 0.6) is 11.5 Å². The van der Waals surface area contributed by atoms with E-state index in [1.54, 1.807) is 14.2 Å².